The van der Waals surface area contributed by atoms with Crippen LogP contribution in [0, 0.1) is 0 Å². The van der Waals surface area contributed by atoms with E-state index in [0.717, 1.165) is 0 Å². The number of hydrogen-bond acceptors (Lipinski definition) is 0. The van der Waals surface area contributed by atoms with E-state index in [4.69, 9.17) is 0 Å². The molecule has 1 heterocycles. The number of hydrogen-bond donors (Lipinski definition) is 0. The molecule has 7 heavy (non-hydrogen) atoms. The molecule has 1 unspecified atom stereocenters. The van der Waals surface area contributed by atoms with Crippen LogP contribution in [0.2, 0.25) is 0 Å². The van der Waals surface area contributed by atoms with Crippen LogP contribution in [0.15, 0.2) is 11.0 Å². The van der Waals surface area contributed by atoms with Crippen LogP contribution in [-0.2, 0) is 0 Å². The Morgan fingerprint density at radius 2 is 2.43 bits per heavy atom. The summed E-state index contributed by atoms with van der Waals surface area (Å²) in [6, 6.07) is 0. The molecule has 0 nitrogen and oxygen atoms in total. The summed E-state index contributed by atoms with van der Waals surface area (Å²) in [6.07, 6.45) is 2.20. The highest BCUT2D eigenvalue weighted by Crippen LogP contribution is 2.29. The zero-order valence-corrected chi connectivity index (χ0v) is 5.59. The number of allylic oxidation sites excluding steroid dienone is 2. The van der Waals surface area contributed by atoms with Crippen molar-refractivity contribution in [1.82, 2.24) is 0 Å². The first-order valence-corrected chi connectivity index (χ1v) is 4.01. The molecule has 0 N–H and O–H groups in total. The van der Waals surface area contributed by atoms with Gasteiger partial charge in [0.25, 0.3) is 0 Å². The lowest BCUT2D eigenvalue weighted by molar-refractivity contribution is 1.51. The highest BCUT2D eigenvalue weighted by Gasteiger charge is 1.98. The summed E-state index contributed by atoms with van der Waals surface area (Å²) in [5.74, 6) is 1.31. The van der Waals surface area contributed by atoms with Crippen LogP contribution < -0.4 is 0 Å². The van der Waals surface area contributed by atoms with E-state index in [0.29, 0.717) is 10.5 Å². The molecule has 0 saturated heterocycles. The Morgan fingerprint density at radius 1 is 1.71 bits per heavy atom. The monoisotopic (exact) mass is 114 g/mol. The zero-order valence-electron chi connectivity index (χ0n) is 4.77. The molecule has 0 amide bonds. The van der Waals surface area contributed by atoms with Gasteiger partial charge in [0.1, 0.15) is 0 Å². The van der Waals surface area contributed by atoms with Gasteiger partial charge in [-0.15, -0.1) is 0 Å². The molecule has 1 aliphatic heterocycles. The van der Waals surface area contributed by atoms with E-state index in [1.54, 1.807) is 4.91 Å². The molecule has 0 aromatic heterocycles. The quantitative estimate of drug-likeness (QED) is 0.457. The van der Waals surface area contributed by atoms with Gasteiger partial charge < -0.3 is 0 Å². The predicted octanol–water partition coefficient (Wildman–Crippen LogP) is 1.99. The van der Waals surface area contributed by atoms with Gasteiger partial charge in [-0.3, -0.25) is 0 Å². The van der Waals surface area contributed by atoms with E-state index < -0.39 is 0 Å². The highest BCUT2D eigenvalue weighted by atomic mass is 32.2. The first-order chi connectivity index (χ1) is 3.34. The van der Waals surface area contributed by atoms with E-state index in [2.05, 4.69) is 25.3 Å². The third kappa shape index (κ3) is 0.778. The smallest absolute Gasteiger partial charge is 0.0105 e. The van der Waals surface area contributed by atoms with Gasteiger partial charge in [-0.05, 0) is 29.0 Å². The molecular formula is C6H10S. The standard InChI is InChI=1S/C6H10S/c1-3-7-5-4-6(7)2/h4-5H,3H2,1-2H3. The third-order valence-corrected chi connectivity index (χ3v) is 3.24. The van der Waals surface area contributed by atoms with Gasteiger partial charge in [-0.25, -0.2) is 0 Å². The Bertz CT molecular complexity index is 131. The maximum absolute atomic E-state index is 2.29. The summed E-state index contributed by atoms with van der Waals surface area (Å²) >= 11 is 0. The minimum absolute atomic E-state index is 0.588. The molecule has 1 heteroatoms. The first-order valence-electron chi connectivity index (χ1n) is 2.56. The maximum Gasteiger partial charge on any atom is -0.0105 e. The molecule has 40 valence electrons. The topological polar surface area (TPSA) is 0 Å². The van der Waals surface area contributed by atoms with Crippen LogP contribution in [0.4, 0.5) is 0 Å². The molecule has 0 aromatic rings. The molecular weight excluding hydrogens is 104 g/mol. The number of rotatable bonds is 1. The van der Waals surface area contributed by atoms with Crippen LogP contribution in [0.1, 0.15) is 13.8 Å². The Hall–Kier alpha value is -0.0400. The summed E-state index contributed by atoms with van der Waals surface area (Å²) in [5.41, 5.74) is 0. The minimum Gasteiger partial charge on any atom is -0.159 e. The fraction of sp³-hybridized carbons (Fsp3) is 0.500. The molecule has 0 bridgehead atoms. The van der Waals surface area contributed by atoms with Crippen molar-refractivity contribution in [3.63, 3.8) is 0 Å². The average molecular weight is 114 g/mol. The highest BCUT2D eigenvalue weighted by molar-refractivity contribution is 8.19. The molecule has 0 saturated carbocycles. The summed E-state index contributed by atoms with van der Waals surface area (Å²) in [6.45, 7) is 4.43. The van der Waals surface area contributed by atoms with Crippen molar-refractivity contribution in [3.05, 3.63) is 11.0 Å². The van der Waals surface area contributed by atoms with Crippen molar-refractivity contribution in [1.29, 1.82) is 0 Å². The summed E-state index contributed by atoms with van der Waals surface area (Å²) in [4.78, 5) is 1.57. The van der Waals surface area contributed by atoms with Crippen LogP contribution >= 0.6 is 10.5 Å². The normalized spacial score (nSPS) is 27.7. The largest absolute Gasteiger partial charge is 0.159 e. The van der Waals surface area contributed by atoms with Gasteiger partial charge in [0, 0.05) is 0 Å². The second kappa shape index (κ2) is 1.83. The predicted molar refractivity (Wildman–Crippen MR) is 38.0 cm³/mol. The van der Waals surface area contributed by atoms with Gasteiger partial charge in [0.15, 0.2) is 0 Å². The van der Waals surface area contributed by atoms with E-state index in [1.807, 2.05) is 0 Å². The van der Waals surface area contributed by atoms with Crippen molar-refractivity contribution in [2.75, 3.05) is 5.75 Å². The maximum atomic E-state index is 2.29. The SMILES string of the molecule is CCS1=CC=C1C. The Labute approximate surface area is 47.2 Å². The summed E-state index contributed by atoms with van der Waals surface area (Å²) < 4.78 is 0. The Kier molecular flexibility index (Phi) is 1.33. The zero-order chi connectivity index (χ0) is 5.28. The third-order valence-electron chi connectivity index (χ3n) is 1.19. The molecule has 1 atom stereocenters. The van der Waals surface area contributed by atoms with E-state index in [1.165, 1.54) is 5.75 Å². The second-order valence-electron chi connectivity index (χ2n) is 1.63. The molecule has 0 radical (unpaired) electrons. The van der Waals surface area contributed by atoms with Gasteiger partial charge in [0.05, 0.1) is 0 Å². The summed E-state index contributed by atoms with van der Waals surface area (Å²) in [7, 11) is 0.588. The van der Waals surface area contributed by atoms with Crippen molar-refractivity contribution in [2.24, 2.45) is 0 Å². The molecule has 1 rings (SSSR count). The van der Waals surface area contributed by atoms with Crippen molar-refractivity contribution in [3.8, 4) is 0 Å². The van der Waals surface area contributed by atoms with Gasteiger partial charge in [-0.2, -0.15) is 10.5 Å². The summed E-state index contributed by atoms with van der Waals surface area (Å²) in [5, 5.41) is 2.29. The second-order valence-corrected chi connectivity index (χ2v) is 3.98. The Balaban J connectivity index is 2.47. The molecule has 0 fully saturated rings. The van der Waals surface area contributed by atoms with Crippen LogP contribution in [-0.4, -0.2) is 11.1 Å². The molecule has 0 aliphatic carbocycles. The fourth-order valence-corrected chi connectivity index (χ4v) is 1.87. The molecule has 0 spiro atoms. The van der Waals surface area contributed by atoms with E-state index in [9.17, 15) is 0 Å². The average Bonchev–Trinajstić information content (AvgIpc) is 1.65. The lowest BCUT2D eigenvalue weighted by Gasteiger charge is -2.11. The lowest BCUT2D eigenvalue weighted by atomic mass is 10.6. The van der Waals surface area contributed by atoms with Crippen LogP contribution in [0.25, 0.3) is 0 Å². The van der Waals surface area contributed by atoms with Crippen molar-refractivity contribution < 1.29 is 0 Å². The van der Waals surface area contributed by atoms with Crippen LogP contribution in [0.3, 0.4) is 0 Å². The van der Waals surface area contributed by atoms with Crippen LogP contribution in [0.5, 0.6) is 0 Å². The molecule has 0 aromatic carbocycles. The lowest BCUT2D eigenvalue weighted by Crippen LogP contribution is -1.88. The van der Waals surface area contributed by atoms with Gasteiger partial charge in [0.2, 0.25) is 0 Å². The van der Waals surface area contributed by atoms with E-state index in [-0.39, 0.29) is 0 Å². The molecule has 1 aliphatic rings. The van der Waals surface area contributed by atoms with Gasteiger partial charge in [-0.1, -0.05) is 6.92 Å². The van der Waals surface area contributed by atoms with Crippen molar-refractivity contribution in [2.45, 2.75) is 13.8 Å². The Morgan fingerprint density at radius 3 is 2.43 bits per heavy atom. The van der Waals surface area contributed by atoms with E-state index >= 15 is 0 Å². The first kappa shape index (κ1) is 5.10. The minimum atomic E-state index is 0.588. The van der Waals surface area contributed by atoms with Crippen molar-refractivity contribution >= 4 is 15.9 Å². The fourth-order valence-electron chi connectivity index (χ4n) is 0.624. The van der Waals surface area contributed by atoms with Gasteiger partial charge >= 0.3 is 0 Å².